The van der Waals surface area contributed by atoms with Crippen molar-refractivity contribution in [3.05, 3.63) is 0 Å². The van der Waals surface area contributed by atoms with Crippen molar-refractivity contribution < 1.29 is 4.74 Å². The largest absolute Gasteiger partial charge is 0.379 e. The minimum absolute atomic E-state index is 0.377. The number of nitrogens with zero attached hydrogens (tertiary/aromatic N) is 1. The molecule has 0 aromatic carbocycles. The Balaban J connectivity index is 1.92. The molecule has 1 aliphatic carbocycles. The van der Waals surface area contributed by atoms with Gasteiger partial charge in [0, 0.05) is 24.6 Å². The maximum absolute atomic E-state index is 5.64. The minimum atomic E-state index is 0.377. The third-order valence-electron chi connectivity index (χ3n) is 3.25. The Morgan fingerprint density at radius 3 is 2.87 bits per heavy atom. The molecule has 1 saturated carbocycles. The van der Waals surface area contributed by atoms with Gasteiger partial charge in [0.05, 0.1) is 13.2 Å². The van der Waals surface area contributed by atoms with Gasteiger partial charge in [-0.2, -0.15) is 0 Å². The van der Waals surface area contributed by atoms with E-state index in [1.165, 1.54) is 12.8 Å². The van der Waals surface area contributed by atoms with Gasteiger partial charge < -0.3 is 4.74 Å². The van der Waals surface area contributed by atoms with Crippen molar-refractivity contribution in [2.45, 2.75) is 38.6 Å². The van der Waals surface area contributed by atoms with E-state index in [4.69, 9.17) is 4.74 Å². The van der Waals surface area contributed by atoms with Crippen molar-refractivity contribution in [2.75, 3.05) is 26.3 Å². The number of ether oxygens (including phenoxy) is 1. The Kier molecular flexibility index (Phi) is 3.33. The van der Waals surface area contributed by atoms with Crippen LogP contribution < -0.4 is 0 Å². The van der Waals surface area contributed by atoms with Crippen molar-refractivity contribution in [1.29, 1.82) is 0 Å². The quantitative estimate of drug-likeness (QED) is 0.609. The topological polar surface area (TPSA) is 12.5 Å². The van der Waals surface area contributed by atoms with Crippen molar-refractivity contribution in [3.63, 3.8) is 0 Å². The smallest absolute Gasteiger partial charge is 0.0650 e. The Morgan fingerprint density at radius 2 is 2.20 bits per heavy atom. The molecular formula is C13H21NO. The first-order chi connectivity index (χ1) is 7.23. The van der Waals surface area contributed by atoms with Gasteiger partial charge in [0.15, 0.2) is 0 Å². The summed E-state index contributed by atoms with van der Waals surface area (Å²) in [4.78, 5) is 2.54. The van der Waals surface area contributed by atoms with E-state index in [1.807, 2.05) is 0 Å². The fourth-order valence-electron chi connectivity index (χ4n) is 2.14. The van der Waals surface area contributed by atoms with Crippen LogP contribution in [0.1, 0.15) is 33.1 Å². The van der Waals surface area contributed by atoms with E-state index in [0.717, 1.165) is 32.7 Å². The molecule has 0 unspecified atom stereocenters. The third-order valence-corrected chi connectivity index (χ3v) is 3.25. The van der Waals surface area contributed by atoms with Gasteiger partial charge in [-0.3, -0.25) is 4.90 Å². The maximum atomic E-state index is 5.64. The lowest BCUT2D eigenvalue weighted by Gasteiger charge is -2.26. The fourth-order valence-corrected chi connectivity index (χ4v) is 2.14. The van der Waals surface area contributed by atoms with Crippen molar-refractivity contribution in [2.24, 2.45) is 5.92 Å². The summed E-state index contributed by atoms with van der Waals surface area (Å²) in [5, 5.41) is 0. The Bertz CT molecular complexity index is 270. The highest BCUT2D eigenvalue weighted by atomic mass is 16.5. The van der Waals surface area contributed by atoms with Crippen LogP contribution in [0, 0.1) is 17.8 Å². The van der Waals surface area contributed by atoms with E-state index in [0.29, 0.717) is 11.5 Å². The predicted molar refractivity (Wildman–Crippen MR) is 61.6 cm³/mol. The average Bonchev–Trinajstić information content (AvgIpc) is 2.97. The molecule has 0 aromatic rings. The van der Waals surface area contributed by atoms with Gasteiger partial charge in [0.2, 0.25) is 0 Å². The highest BCUT2D eigenvalue weighted by Gasteiger charge is 2.48. The summed E-state index contributed by atoms with van der Waals surface area (Å²) in [6.45, 7) is 8.23. The summed E-state index contributed by atoms with van der Waals surface area (Å²) in [5.41, 5.74) is 0.377. The van der Waals surface area contributed by atoms with Crippen LogP contribution in [-0.4, -0.2) is 36.7 Å². The molecule has 0 aromatic heterocycles. The normalized spacial score (nSPS) is 24.7. The van der Waals surface area contributed by atoms with E-state index in [9.17, 15) is 0 Å². The minimum Gasteiger partial charge on any atom is -0.379 e. The molecule has 1 spiro atoms. The summed E-state index contributed by atoms with van der Waals surface area (Å²) < 4.78 is 5.64. The van der Waals surface area contributed by atoms with Crippen molar-refractivity contribution in [1.82, 2.24) is 4.90 Å². The Morgan fingerprint density at radius 1 is 1.40 bits per heavy atom. The number of hydrogen-bond acceptors (Lipinski definition) is 2. The van der Waals surface area contributed by atoms with E-state index < -0.39 is 0 Å². The lowest BCUT2D eigenvalue weighted by molar-refractivity contribution is 0.0932. The van der Waals surface area contributed by atoms with Crippen LogP contribution in [0.5, 0.6) is 0 Å². The van der Waals surface area contributed by atoms with Gasteiger partial charge >= 0.3 is 0 Å². The summed E-state index contributed by atoms with van der Waals surface area (Å²) in [6, 6.07) is 0. The predicted octanol–water partition coefficient (Wildman–Crippen LogP) is 1.90. The van der Waals surface area contributed by atoms with E-state index in [2.05, 4.69) is 30.6 Å². The second kappa shape index (κ2) is 4.55. The van der Waals surface area contributed by atoms with Gasteiger partial charge in [0.1, 0.15) is 0 Å². The van der Waals surface area contributed by atoms with Crippen LogP contribution in [-0.2, 0) is 4.74 Å². The highest BCUT2D eigenvalue weighted by Crippen LogP contribution is 2.42. The lowest BCUT2D eigenvalue weighted by Crippen LogP contribution is -2.39. The van der Waals surface area contributed by atoms with Crippen LogP contribution in [0.15, 0.2) is 0 Å². The SMILES string of the molecule is CC(C)C#CCN1CCCOCC12CC2. The third kappa shape index (κ3) is 2.74. The fraction of sp³-hybridized carbons (Fsp3) is 0.846. The van der Waals surface area contributed by atoms with Crippen molar-refractivity contribution >= 4 is 0 Å². The molecule has 2 fully saturated rings. The molecule has 0 radical (unpaired) electrons. The molecule has 84 valence electrons. The zero-order valence-corrected chi connectivity index (χ0v) is 9.88. The van der Waals surface area contributed by atoms with Crippen molar-refractivity contribution in [3.8, 4) is 11.8 Å². The first-order valence-electron chi connectivity index (χ1n) is 6.04. The molecule has 1 saturated heterocycles. The molecule has 0 amide bonds. The van der Waals surface area contributed by atoms with Gasteiger partial charge in [-0.25, -0.2) is 0 Å². The van der Waals surface area contributed by atoms with Gasteiger partial charge in [-0.05, 0) is 19.3 Å². The van der Waals surface area contributed by atoms with Gasteiger partial charge in [0.25, 0.3) is 0 Å². The standard InChI is InChI=1S/C13H21NO/c1-12(2)5-3-8-14-9-4-10-15-11-13(14)6-7-13/h12H,4,6-11H2,1-2H3. The average molecular weight is 207 g/mol. The molecule has 2 heteroatoms. The Hall–Kier alpha value is -0.520. The van der Waals surface area contributed by atoms with Gasteiger partial charge in [-0.1, -0.05) is 25.7 Å². The van der Waals surface area contributed by atoms with Crippen LogP contribution in [0.4, 0.5) is 0 Å². The second-order valence-corrected chi connectivity index (χ2v) is 5.03. The molecule has 0 atom stereocenters. The molecule has 15 heavy (non-hydrogen) atoms. The zero-order valence-electron chi connectivity index (χ0n) is 9.88. The first-order valence-corrected chi connectivity index (χ1v) is 6.04. The lowest BCUT2D eigenvalue weighted by atomic mass is 10.2. The summed E-state index contributed by atoms with van der Waals surface area (Å²) in [6.07, 6.45) is 3.76. The molecule has 2 nitrogen and oxygen atoms in total. The monoisotopic (exact) mass is 207 g/mol. The summed E-state index contributed by atoms with van der Waals surface area (Å²) >= 11 is 0. The van der Waals surface area contributed by atoms with Crippen LogP contribution >= 0.6 is 0 Å². The second-order valence-electron chi connectivity index (χ2n) is 5.03. The molecule has 1 aliphatic heterocycles. The molecule has 0 N–H and O–H groups in total. The number of rotatable bonds is 1. The molecule has 0 bridgehead atoms. The van der Waals surface area contributed by atoms with Crippen LogP contribution in [0.25, 0.3) is 0 Å². The summed E-state index contributed by atoms with van der Waals surface area (Å²) in [7, 11) is 0. The summed E-state index contributed by atoms with van der Waals surface area (Å²) in [5.74, 6) is 7.03. The van der Waals surface area contributed by atoms with Crippen LogP contribution in [0.3, 0.4) is 0 Å². The van der Waals surface area contributed by atoms with E-state index in [1.54, 1.807) is 0 Å². The van der Waals surface area contributed by atoms with Crippen LogP contribution in [0.2, 0.25) is 0 Å². The molecular weight excluding hydrogens is 186 g/mol. The van der Waals surface area contributed by atoms with E-state index >= 15 is 0 Å². The molecule has 2 aliphatic rings. The molecule has 1 heterocycles. The van der Waals surface area contributed by atoms with E-state index in [-0.39, 0.29) is 0 Å². The maximum Gasteiger partial charge on any atom is 0.0650 e. The molecule has 2 rings (SSSR count). The zero-order chi connectivity index (χ0) is 10.7. The number of hydrogen-bond donors (Lipinski definition) is 0. The van der Waals surface area contributed by atoms with Gasteiger partial charge in [-0.15, -0.1) is 0 Å². The highest BCUT2D eigenvalue weighted by molar-refractivity contribution is 5.10. The first kappa shape index (κ1) is 11.0. The Labute approximate surface area is 93.0 Å².